The molecule has 0 unspecified atom stereocenters. The Morgan fingerprint density at radius 1 is 1.86 bits per heavy atom. The number of aromatic nitrogens is 1. The third-order valence-electron chi connectivity index (χ3n) is 0.541. The Balaban J connectivity index is 3.04. The molecule has 0 aromatic carbocycles. The molecule has 0 atom stereocenters. The van der Waals surface area contributed by atoms with Crippen LogP contribution in [-0.4, -0.2) is 12.8 Å². The number of thiazole rings is 1. The van der Waals surface area contributed by atoms with E-state index in [9.17, 15) is 0 Å². The molecule has 2 N–H and O–H groups in total. The highest BCUT2D eigenvalue weighted by atomic mass is 32.1. The molecule has 0 amide bonds. The Labute approximate surface area is 46.8 Å². The Hall–Kier alpha value is -0.505. The first-order valence-electron chi connectivity index (χ1n) is 1.76. The van der Waals surface area contributed by atoms with E-state index < -0.39 is 0 Å². The third-order valence-corrected chi connectivity index (χ3v) is 1.20. The summed E-state index contributed by atoms with van der Waals surface area (Å²) < 4.78 is 0. The molecule has 1 aromatic rings. The molecule has 7 heavy (non-hydrogen) atoms. The molecule has 2 nitrogen and oxygen atoms in total. The molecule has 1 rings (SSSR count). The van der Waals surface area contributed by atoms with Gasteiger partial charge in [0, 0.05) is 4.91 Å². The maximum atomic E-state index is 5.25. The first kappa shape index (κ1) is 4.65. The fourth-order valence-electron chi connectivity index (χ4n) is 0.301. The van der Waals surface area contributed by atoms with Crippen LogP contribution in [0, 0.1) is 0 Å². The lowest BCUT2D eigenvalue weighted by atomic mass is 10.2. The smallest absolute Gasteiger partial charge is 0.157 e. The van der Waals surface area contributed by atoms with Gasteiger partial charge in [-0.15, -0.1) is 11.3 Å². The molecule has 1 heterocycles. The quantitative estimate of drug-likeness (QED) is 0.458. The second-order valence-electron chi connectivity index (χ2n) is 1.10. The van der Waals surface area contributed by atoms with Gasteiger partial charge in [0.2, 0.25) is 0 Å². The van der Waals surface area contributed by atoms with Crippen molar-refractivity contribution in [2.45, 2.75) is 0 Å². The molecule has 4 heteroatoms. The zero-order valence-electron chi connectivity index (χ0n) is 3.59. The van der Waals surface area contributed by atoms with Gasteiger partial charge < -0.3 is 5.73 Å². The van der Waals surface area contributed by atoms with E-state index in [-0.39, 0.29) is 0 Å². The second kappa shape index (κ2) is 1.54. The van der Waals surface area contributed by atoms with Crippen LogP contribution in [0.5, 0.6) is 0 Å². The van der Waals surface area contributed by atoms with Gasteiger partial charge in [-0.2, -0.15) is 0 Å². The van der Waals surface area contributed by atoms with E-state index in [0.717, 1.165) is 0 Å². The fraction of sp³-hybridized carbons (Fsp3) is 0. The van der Waals surface area contributed by atoms with E-state index in [2.05, 4.69) is 4.98 Å². The van der Waals surface area contributed by atoms with Crippen molar-refractivity contribution in [2.75, 3.05) is 5.73 Å². The van der Waals surface area contributed by atoms with E-state index in [1.807, 2.05) is 0 Å². The molecule has 0 fully saturated rings. The molecule has 0 spiro atoms. The van der Waals surface area contributed by atoms with Crippen LogP contribution < -0.4 is 10.6 Å². The van der Waals surface area contributed by atoms with E-state index >= 15 is 0 Å². The highest BCUT2D eigenvalue weighted by Crippen LogP contribution is 2.01. The van der Waals surface area contributed by atoms with Gasteiger partial charge in [0.05, 0.1) is 6.20 Å². The van der Waals surface area contributed by atoms with Crippen molar-refractivity contribution < 1.29 is 0 Å². The van der Waals surface area contributed by atoms with Crippen molar-refractivity contribution in [1.82, 2.24) is 4.98 Å². The minimum absolute atomic E-state index is 0.525. The molecular weight excluding hydrogens is 107 g/mol. The van der Waals surface area contributed by atoms with Crippen LogP contribution in [0.25, 0.3) is 0 Å². The first-order valence-corrected chi connectivity index (χ1v) is 2.57. The molecule has 0 aliphatic carbocycles. The van der Waals surface area contributed by atoms with Crippen molar-refractivity contribution in [3.63, 3.8) is 0 Å². The van der Waals surface area contributed by atoms with Crippen LogP contribution >= 0.6 is 11.3 Å². The second-order valence-corrected chi connectivity index (χ2v) is 2.19. The van der Waals surface area contributed by atoms with Gasteiger partial charge in [-0.05, 0) is 0 Å². The van der Waals surface area contributed by atoms with Gasteiger partial charge >= 0.3 is 0 Å². The summed E-state index contributed by atoms with van der Waals surface area (Å²) in [5.74, 6) is 0. The minimum atomic E-state index is 0.525. The van der Waals surface area contributed by atoms with E-state index in [4.69, 9.17) is 13.6 Å². The number of hydrogen-bond donors (Lipinski definition) is 1. The van der Waals surface area contributed by atoms with Crippen molar-refractivity contribution in [2.24, 2.45) is 0 Å². The Kier molecular flexibility index (Phi) is 1.02. The van der Waals surface area contributed by atoms with Gasteiger partial charge in [0.25, 0.3) is 0 Å². The summed E-state index contributed by atoms with van der Waals surface area (Å²) in [5, 5.41) is 0.664. The normalized spacial score (nSPS) is 9.14. The van der Waals surface area contributed by atoms with Gasteiger partial charge in [-0.25, -0.2) is 0 Å². The Morgan fingerprint density at radius 3 is 2.71 bits per heavy atom. The van der Waals surface area contributed by atoms with Gasteiger partial charge in [0.1, 0.15) is 5.00 Å². The molecule has 34 valence electrons. The summed E-state index contributed by atoms with van der Waals surface area (Å²) in [6.07, 6.45) is 1.54. The fourth-order valence-corrected chi connectivity index (χ4v) is 0.753. The summed E-state index contributed by atoms with van der Waals surface area (Å²) in [7, 11) is 5.21. The zero-order chi connectivity index (χ0) is 5.28. The van der Waals surface area contributed by atoms with Crippen LogP contribution in [0.1, 0.15) is 0 Å². The lowest BCUT2D eigenvalue weighted by Crippen LogP contribution is -1.95. The molecule has 1 aromatic heterocycles. The number of nitrogens with two attached hydrogens (primary N) is 1. The van der Waals surface area contributed by atoms with Crippen molar-refractivity contribution in [3.05, 3.63) is 6.20 Å². The van der Waals surface area contributed by atoms with E-state index in [0.29, 0.717) is 9.91 Å². The maximum Gasteiger partial charge on any atom is 0.157 e. The highest BCUT2D eigenvalue weighted by Gasteiger charge is 1.86. The largest absolute Gasteiger partial charge is 0.389 e. The van der Waals surface area contributed by atoms with Gasteiger partial charge in [-0.3, -0.25) is 4.98 Å². The van der Waals surface area contributed by atoms with Crippen LogP contribution in [0.3, 0.4) is 0 Å². The molecule has 0 bridgehead atoms. The lowest BCUT2D eigenvalue weighted by Gasteiger charge is -1.70. The summed E-state index contributed by atoms with van der Waals surface area (Å²) >= 11 is 1.29. The van der Waals surface area contributed by atoms with Crippen LogP contribution in [0.4, 0.5) is 5.00 Å². The Morgan fingerprint density at radius 2 is 2.57 bits per heavy atom. The summed E-state index contributed by atoms with van der Waals surface area (Å²) in [6.45, 7) is 0. The number of anilines is 1. The van der Waals surface area contributed by atoms with Crippen molar-refractivity contribution in [1.29, 1.82) is 0 Å². The standard InChI is InChI=1S/C3H3BN2S/c4-3-6-1-2(5)7-3/h1H,5H2. The SMILES string of the molecule is [B]c1ncc(N)s1. The monoisotopic (exact) mass is 110 g/mol. The molecule has 0 aliphatic heterocycles. The molecular formula is C3H3BN2S. The Bertz CT molecular complexity index is 145. The van der Waals surface area contributed by atoms with Crippen LogP contribution in [0.15, 0.2) is 6.20 Å². The zero-order valence-corrected chi connectivity index (χ0v) is 4.40. The molecule has 0 saturated carbocycles. The summed E-state index contributed by atoms with van der Waals surface area (Å²) in [6, 6.07) is 0. The lowest BCUT2D eigenvalue weighted by molar-refractivity contribution is 1.47. The predicted octanol–water partition coefficient (Wildman–Crippen LogP) is -0.481. The first-order chi connectivity index (χ1) is 3.29. The topological polar surface area (TPSA) is 38.9 Å². The third kappa shape index (κ3) is 0.930. The predicted molar refractivity (Wildman–Crippen MR) is 31.9 cm³/mol. The summed E-state index contributed by atoms with van der Waals surface area (Å²) in [4.78, 5) is 4.21. The molecule has 0 saturated heterocycles. The number of rotatable bonds is 0. The average Bonchev–Trinajstić information content (AvgIpc) is 1.87. The van der Waals surface area contributed by atoms with Crippen LogP contribution in [0.2, 0.25) is 0 Å². The van der Waals surface area contributed by atoms with Crippen molar-refractivity contribution >= 4 is 29.1 Å². The summed E-state index contributed by atoms with van der Waals surface area (Å²) in [5.41, 5.74) is 5.25. The highest BCUT2D eigenvalue weighted by molar-refractivity contribution is 7.22. The average molecular weight is 110 g/mol. The minimum Gasteiger partial charge on any atom is -0.389 e. The molecule has 0 aliphatic rings. The number of hydrogen-bond acceptors (Lipinski definition) is 3. The number of nitrogen functional groups attached to an aromatic ring is 1. The number of nitrogens with zero attached hydrogens (tertiary/aromatic N) is 1. The maximum absolute atomic E-state index is 5.25. The molecule has 2 radical (unpaired) electrons. The van der Waals surface area contributed by atoms with Gasteiger partial charge in [0.15, 0.2) is 7.85 Å². The van der Waals surface area contributed by atoms with E-state index in [1.54, 1.807) is 6.20 Å². The van der Waals surface area contributed by atoms with Gasteiger partial charge in [-0.1, -0.05) is 0 Å². The van der Waals surface area contributed by atoms with Crippen LogP contribution in [-0.2, 0) is 0 Å². The van der Waals surface area contributed by atoms with Crippen molar-refractivity contribution in [3.8, 4) is 0 Å². The van der Waals surface area contributed by atoms with E-state index in [1.165, 1.54) is 11.3 Å².